The molecule has 1 saturated heterocycles. The van der Waals surface area contributed by atoms with Crippen molar-refractivity contribution >= 4 is 47.0 Å². The summed E-state index contributed by atoms with van der Waals surface area (Å²) in [5.41, 5.74) is 3.90. The Labute approximate surface area is 202 Å². The van der Waals surface area contributed by atoms with E-state index in [4.69, 9.17) is 4.98 Å². The van der Waals surface area contributed by atoms with E-state index >= 15 is 0 Å². The highest BCUT2D eigenvalue weighted by atomic mass is 127. The summed E-state index contributed by atoms with van der Waals surface area (Å²) in [6, 6.07) is 9.06. The number of thiazole rings is 1. The van der Waals surface area contributed by atoms with E-state index in [1.165, 1.54) is 47.9 Å². The summed E-state index contributed by atoms with van der Waals surface area (Å²) in [6.45, 7) is 12.0. The van der Waals surface area contributed by atoms with Crippen LogP contribution in [-0.2, 0) is 11.8 Å². The largest absolute Gasteiger partial charge is 0.372 e. The van der Waals surface area contributed by atoms with Crippen molar-refractivity contribution in [2.75, 3.05) is 31.6 Å². The average molecular weight is 542 g/mol. The molecule has 0 radical (unpaired) electrons. The van der Waals surface area contributed by atoms with Gasteiger partial charge in [-0.1, -0.05) is 32.9 Å². The van der Waals surface area contributed by atoms with E-state index in [-0.39, 0.29) is 35.4 Å². The highest BCUT2D eigenvalue weighted by Gasteiger charge is 2.17. The van der Waals surface area contributed by atoms with Gasteiger partial charge in [-0.25, -0.2) is 4.98 Å². The minimum atomic E-state index is 0. The molecule has 0 bridgehead atoms. The zero-order chi connectivity index (χ0) is 20.9. The molecule has 2 aromatic rings. The summed E-state index contributed by atoms with van der Waals surface area (Å²) in [5.74, 6) is 0.830. The van der Waals surface area contributed by atoms with Gasteiger partial charge in [0.05, 0.1) is 16.7 Å². The number of benzene rings is 1. The highest BCUT2D eigenvalue weighted by molar-refractivity contribution is 14.0. The third-order valence-electron chi connectivity index (χ3n) is 5.37. The minimum Gasteiger partial charge on any atom is -0.372 e. The van der Waals surface area contributed by atoms with Gasteiger partial charge in [-0.2, -0.15) is 0 Å². The van der Waals surface area contributed by atoms with Crippen LogP contribution in [0.5, 0.6) is 0 Å². The van der Waals surface area contributed by atoms with Gasteiger partial charge in [0, 0.05) is 49.6 Å². The second kappa shape index (κ2) is 11.3. The number of aromatic nitrogens is 1. The summed E-state index contributed by atoms with van der Waals surface area (Å²) in [5, 5.41) is 10.3. The van der Waals surface area contributed by atoms with Gasteiger partial charge in [-0.05, 0) is 37.5 Å². The molecule has 7 heteroatoms. The molecule has 1 unspecified atom stereocenters. The van der Waals surface area contributed by atoms with E-state index in [2.05, 4.69) is 77.9 Å². The van der Waals surface area contributed by atoms with Gasteiger partial charge >= 0.3 is 0 Å². The Morgan fingerprint density at radius 3 is 2.63 bits per heavy atom. The zero-order valence-corrected chi connectivity index (χ0v) is 22.0. The van der Waals surface area contributed by atoms with Crippen molar-refractivity contribution in [1.82, 2.24) is 15.6 Å². The number of guanidine groups is 1. The lowest BCUT2D eigenvalue weighted by molar-refractivity contribution is 0.570. The average Bonchev–Trinajstić information content (AvgIpc) is 3.39. The van der Waals surface area contributed by atoms with Gasteiger partial charge in [-0.3, -0.25) is 4.99 Å². The van der Waals surface area contributed by atoms with Gasteiger partial charge < -0.3 is 15.5 Å². The molecule has 5 nitrogen and oxygen atoms in total. The topological polar surface area (TPSA) is 52.6 Å². The van der Waals surface area contributed by atoms with Crippen LogP contribution in [0.2, 0.25) is 0 Å². The summed E-state index contributed by atoms with van der Waals surface area (Å²) < 4.78 is 0. The standard InChI is InChI=1S/C23H35N5S.HI/c1-17(18-9-8-10-19(15-18)28-13-6-7-14-28)26-22(24-5)25-12-11-21-27-20(16-29-21)23(2,3)4;/h8-10,15-17H,6-7,11-14H2,1-5H3,(H2,24,25,26);1H. The molecular weight excluding hydrogens is 505 g/mol. The Morgan fingerprint density at radius 1 is 1.27 bits per heavy atom. The lowest BCUT2D eigenvalue weighted by Gasteiger charge is -2.22. The van der Waals surface area contributed by atoms with Gasteiger partial charge in [0.2, 0.25) is 0 Å². The molecule has 2 heterocycles. The van der Waals surface area contributed by atoms with Crippen molar-refractivity contribution in [3.63, 3.8) is 0 Å². The van der Waals surface area contributed by atoms with Crippen LogP contribution in [0.4, 0.5) is 5.69 Å². The molecular formula is C23H36IN5S. The Hall–Kier alpha value is -1.35. The van der Waals surface area contributed by atoms with Gasteiger partial charge in [0.1, 0.15) is 0 Å². The number of nitrogens with one attached hydrogen (secondary N) is 2. The quantitative estimate of drug-likeness (QED) is 0.303. The van der Waals surface area contributed by atoms with E-state index in [0.717, 1.165) is 18.9 Å². The monoisotopic (exact) mass is 541 g/mol. The predicted molar refractivity (Wildman–Crippen MR) is 141 cm³/mol. The second-order valence-electron chi connectivity index (χ2n) is 8.78. The van der Waals surface area contributed by atoms with Crippen molar-refractivity contribution in [1.29, 1.82) is 0 Å². The van der Waals surface area contributed by atoms with Crippen LogP contribution in [0.1, 0.15) is 62.8 Å². The fraction of sp³-hybridized carbons (Fsp3) is 0.565. The van der Waals surface area contributed by atoms with Crippen LogP contribution in [0.25, 0.3) is 0 Å². The summed E-state index contributed by atoms with van der Waals surface area (Å²) in [6.07, 6.45) is 3.50. The maximum atomic E-state index is 4.77. The summed E-state index contributed by atoms with van der Waals surface area (Å²) in [4.78, 5) is 11.6. The van der Waals surface area contributed by atoms with E-state index < -0.39 is 0 Å². The molecule has 0 amide bonds. The summed E-state index contributed by atoms with van der Waals surface area (Å²) in [7, 11) is 1.82. The third-order valence-corrected chi connectivity index (χ3v) is 6.28. The number of aliphatic imine (C=N–C) groups is 1. The smallest absolute Gasteiger partial charge is 0.191 e. The first kappa shape index (κ1) is 24.9. The number of rotatable bonds is 6. The van der Waals surface area contributed by atoms with Crippen LogP contribution in [-0.4, -0.2) is 37.6 Å². The molecule has 1 fully saturated rings. The molecule has 1 aromatic heterocycles. The Balaban J connectivity index is 0.00000320. The SMILES string of the molecule is CN=C(NCCc1nc(C(C)(C)C)cs1)NC(C)c1cccc(N2CCCC2)c1.I. The first-order chi connectivity index (χ1) is 13.9. The lowest BCUT2D eigenvalue weighted by atomic mass is 9.93. The van der Waals surface area contributed by atoms with Crippen LogP contribution < -0.4 is 15.5 Å². The molecule has 0 spiro atoms. The molecule has 30 heavy (non-hydrogen) atoms. The third kappa shape index (κ3) is 6.83. The molecule has 2 N–H and O–H groups in total. The molecule has 166 valence electrons. The summed E-state index contributed by atoms with van der Waals surface area (Å²) >= 11 is 1.74. The van der Waals surface area contributed by atoms with E-state index in [1.807, 2.05) is 7.05 Å². The zero-order valence-electron chi connectivity index (χ0n) is 18.9. The van der Waals surface area contributed by atoms with Crippen molar-refractivity contribution < 1.29 is 0 Å². The molecule has 0 saturated carbocycles. The lowest BCUT2D eigenvalue weighted by Crippen LogP contribution is -2.39. The van der Waals surface area contributed by atoms with Gasteiger partial charge in [0.15, 0.2) is 5.96 Å². The molecule has 1 atom stereocenters. The van der Waals surface area contributed by atoms with Crippen LogP contribution in [0.3, 0.4) is 0 Å². The Bertz CT molecular complexity index is 821. The highest BCUT2D eigenvalue weighted by Crippen LogP contribution is 2.25. The van der Waals surface area contributed by atoms with Crippen molar-refractivity contribution in [3.05, 3.63) is 45.9 Å². The van der Waals surface area contributed by atoms with E-state index in [1.54, 1.807) is 11.3 Å². The molecule has 3 rings (SSSR count). The molecule has 1 aliphatic heterocycles. The van der Waals surface area contributed by atoms with Crippen molar-refractivity contribution in [3.8, 4) is 0 Å². The van der Waals surface area contributed by atoms with Crippen LogP contribution in [0, 0.1) is 0 Å². The fourth-order valence-corrected chi connectivity index (χ4v) is 4.53. The van der Waals surface area contributed by atoms with Crippen molar-refractivity contribution in [2.45, 2.75) is 58.4 Å². The van der Waals surface area contributed by atoms with E-state index in [9.17, 15) is 0 Å². The van der Waals surface area contributed by atoms with E-state index in [0.29, 0.717) is 0 Å². The molecule has 1 aliphatic rings. The number of hydrogen-bond acceptors (Lipinski definition) is 4. The predicted octanol–water partition coefficient (Wildman–Crippen LogP) is 5.13. The van der Waals surface area contributed by atoms with Gasteiger partial charge in [0.25, 0.3) is 0 Å². The number of hydrogen-bond donors (Lipinski definition) is 2. The maximum Gasteiger partial charge on any atom is 0.191 e. The Morgan fingerprint density at radius 2 is 2.00 bits per heavy atom. The van der Waals surface area contributed by atoms with Crippen LogP contribution in [0.15, 0.2) is 34.6 Å². The van der Waals surface area contributed by atoms with Gasteiger partial charge in [-0.15, -0.1) is 35.3 Å². The molecule has 1 aromatic carbocycles. The first-order valence-electron chi connectivity index (χ1n) is 10.6. The molecule has 0 aliphatic carbocycles. The van der Waals surface area contributed by atoms with Crippen molar-refractivity contribution in [2.24, 2.45) is 4.99 Å². The Kier molecular flexibility index (Phi) is 9.40. The fourth-order valence-electron chi connectivity index (χ4n) is 3.51. The second-order valence-corrected chi connectivity index (χ2v) is 9.72. The number of anilines is 1. The minimum absolute atomic E-state index is 0. The first-order valence-corrected chi connectivity index (χ1v) is 11.5. The number of halogens is 1. The number of nitrogens with zero attached hydrogens (tertiary/aromatic N) is 3. The maximum absolute atomic E-state index is 4.77. The normalized spacial score (nSPS) is 15.6. The van der Waals surface area contributed by atoms with Crippen LogP contribution >= 0.6 is 35.3 Å².